The van der Waals surface area contributed by atoms with Gasteiger partial charge in [0.15, 0.2) is 0 Å². The number of hydrogen-bond acceptors (Lipinski definition) is 3. The van der Waals surface area contributed by atoms with Crippen molar-refractivity contribution < 1.29 is 9.53 Å². The number of esters is 1. The lowest BCUT2D eigenvalue weighted by Crippen LogP contribution is -2.01. The molecule has 70 valence electrons. The van der Waals surface area contributed by atoms with Crippen LogP contribution in [0.3, 0.4) is 0 Å². The summed E-state index contributed by atoms with van der Waals surface area (Å²) in [7, 11) is 1.37. The van der Waals surface area contributed by atoms with Gasteiger partial charge in [-0.15, -0.1) is 12.6 Å². The van der Waals surface area contributed by atoms with Gasteiger partial charge in [-0.25, -0.2) is 4.79 Å². The topological polar surface area (TPSA) is 26.3 Å². The lowest BCUT2D eigenvalue weighted by Gasteiger charge is -2.04. The summed E-state index contributed by atoms with van der Waals surface area (Å²) in [4.78, 5) is 11.9. The zero-order valence-corrected chi connectivity index (χ0v) is 8.60. The maximum atomic E-state index is 11.1. The first-order valence-electron chi connectivity index (χ1n) is 4.09. The van der Waals surface area contributed by atoms with Gasteiger partial charge in [-0.3, -0.25) is 0 Å². The first kappa shape index (κ1) is 10.1. The Hall–Kier alpha value is -0.960. The van der Waals surface area contributed by atoms with Gasteiger partial charge in [0.05, 0.1) is 12.7 Å². The second-order valence-corrected chi connectivity index (χ2v) is 3.17. The number of aryl methyl sites for hydroxylation is 1. The van der Waals surface area contributed by atoms with E-state index in [-0.39, 0.29) is 5.97 Å². The summed E-state index contributed by atoms with van der Waals surface area (Å²) < 4.78 is 4.59. The summed E-state index contributed by atoms with van der Waals surface area (Å²) in [5, 5.41) is 0. The van der Waals surface area contributed by atoms with E-state index in [4.69, 9.17) is 0 Å². The largest absolute Gasteiger partial charge is 0.465 e. The molecule has 0 amide bonds. The third-order valence-corrected chi connectivity index (χ3v) is 2.30. The van der Waals surface area contributed by atoms with E-state index in [0.717, 1.165) is 16.9 Å². The van der Waals surface area contributed by atoms with Crippen molar-refractivity contribution in [2.24, 2.45) is 0 Å². The number of rotatable bonds is 2. The Labute approximate surface area is 83.3 Å². The summed E-state index contributed by atoms with van der Waals surface area (Å²) in [6.45, 7) is 2.05. The lowest BCUT2D eigenvalue weighted by atomic mass is 10.1. The maximum Gasteiger partial charge on any atom is 0.337 e. The Bertz CT molecular complexity index is 321. The number of ether oxygens (including phenoxy) is 1. The smallest absolute Gasteiger partial charge is 0.337 e. The maximum absolute atomic E-state index is 11.1. The second kappa shape index (κ2) is 4.33. The normalized spacial score (nSPS) is 9.77. The molecule has 0 atom stereocenters. The van der Waals surface area contributed by atoms with Crippen molar-refractivity contribution in [1.82, 2.24) is 0 Å². The van der Waals surface area contributed by atoms with Crippen molar-refractivity contribution in [3.63, 3.8) is 0 Å². The molecule has 1 aromatic rings. The van der Waals surface area contributed by atoms with Crippen LogP contribution in [-0.2, 0) is 11.2 Å². The molecule has 0 aromatic heterocycles. The molecule has 0 radical (unpaired) electrons. The molecule has 3 heteroatoms. The fourth-order valence-electron chi connectivity index (χ4n) is 1.11. The number of carbonyl (C=O) groups is 1. The monoisotopic (exact) mass is 196 g/mol. The summed E-state index contributed by atoms with van der Waals surface area (Å²) in [5.74, 6) is -0.321. The van der Waals surface area contributed by atoms with Crippen LogP contribution < -0.4 is 0 Å². The van der Waals surface area contributed by atoms with Gasteiger partial charge in [0.1, 0.15) is 0 Å². The summed E-state index contributed by atoms with van der Waals surface area (Å²) in [6.07, 6.45) is 0.917. The van der Waals surface area contributed by atoms with Crippen LogP contribution in [-0.4, -0.2) is 13.1 Å². The minimum atomic E-state index is -0.321. The highest BCUT2D eigenvalue weighted by molar-refractivity contribution is 7.80. The van der Waals surface area contributed by atoms with Gasteiger partial charge < -0.3 is 4.74 Å². The zero-order valence-electron chi connectivity index (χ0n) is 7.70. The Morgan fingerprint density at radius 3 is 2.69 bits per heavy atom. The number of benzene rings is 1. The Balaban J connectivity index is 3.02. The molecule has 2 nitrogen and oxygen atoms in total. The minimum absolute atomic E-state index is 0.321. The number of carbonyl (C=O) groups excluding carboxylic acids is 1. The fraction of sp³-hybridized carbons (Fsp3) is 0.300. The van der Waals surface area contributed by atoms with Gasteiger partial charge in [-0.2, -0.15) is 0 Å². The van der Waals surface area contributed by atoms with E-state index in [1.807, 2.05) is 13.0 Å². The average molecular weight is 196 g/mol. The summed E-state index contributed by atoms with van der Waals surface area (Å²) in [6, 6.07) is 5.38. The van der Waals surface area contributed by atoms with Gasteiger partial charge in [-0.05, 0) is 24.1 Å². The standard InChI is InChI=1S/C10H12O2S/c1-3-7-4-5-8(6-9(7)13)10(11)12-2/h4-6,13H,3H2,1-2H3. The predicted molar refractivity (Wildman–Crippen MR) is 54.4 cm³/mol. The molecule has 0 saturated heterocycles. The van der Waals surface area contributed by atoms with Crippen LogP contribution in [0.15, 0.2) is 23.1 Å². The predicted octanol–water partition coefficient (Wildman–Crippen LogP) is 2.32. The molecule has 0 fully saturated rings. The van der Waals surface area contributed by atoms with E-state index in [2.05, 4.69) is 17.4 Å². The number of methoxy groups -OCH3 is 1. The van der Waals surface area contributed by atoms with Crippen LogP contribution in [0.25, 0.3) is 0 Å². The molecule has 1 rings (SSSR count). The molecule has 0 bridgehead atoms. The van der Waals surface area contributed by atoms with E-state index in [0.29, 0.717) is 5.56 Å². The molecule has 13 heavy (non-hydrogen) atoms. The van der Waals surface area contributed by atoms with E-state index in [9.17, 15) is 4.79 Å². The van der Waals surface area contributed by atoms with Crippen LogP contribution in [0.5, 0.6) is 0 Å². The molecule has 0 aliphatic carbocycles. The van der Waals surface area contributed by atoms with Gasteiger partial charge in [0, 0.05) is 4.90 Å². The SMILES string of the molecule is CCc1ccc(C(=O)OC)cc1S. The van der Waals surface area contributed by atoms with Crippen molar-refractivity contribution in [2.75, 3.05) is 7.11 Å². The third kappa shape index (κ3) is 2.25. The van der Waals surface area contributed by atoms with Crippen molar-refractivity contribution in [3.8, 4) is 0 Å². The molecular formula is C10H12O2S. The average Bonchev–Trinajstić information content (AvgIpc) is 2.16. The molecule has 0 spiro atoms. The number of thiol groups is 1. The van der Waals surface area contributed by atoms with Gasteiger partial charge in [0.2, 0.25) is 0 Å². The highest BCUT2D eigenvalue weighted by Crippen LogP contribution is 2.16. The number of hydrogen-bond donors (Lipinski definition) is 1. The van der Waals surface area contributed by atoms with E-state index in [1.165, 1.54) is 7.11 Å². The van der Waals surface area contributed by atoms with Crippen molar-refractivity contribution in [2.45, 2.75) is 18.2 Å². The lowest BCUT2D eigenvalue weighted by molar-refractivity contribution is 0.0600. The Morgan fingerprint density at radius 2 is 2.23 bits per heavy atom. The van der Waals surface area contributed by atoms with Crippen molar-refractivity contribution >= 4 is 18.6 Å². The summed E-state index contributed by atoms with van der Waals surface area (Å²) >= 11 is 4.27. The first-order valence-corrected chi connectivity index (χ1v) is 4.54. The third-order valence-electron chi connectivity index (χ3n) is 1.89. The molecule has 0 saturated carbocycles. The van der Waals surface area contributed by atoms with Gasteiger partial charge >= 0.3 is 5.97 Å². The Morgan fingerprint density at radius 1 is 1.54 bits per heavy atom. The van der Waals surface area contributed by atoms with Crippen LogP contribution >= 0.6 is 12.6 Å². The van der Waals surface area contributed by atoms with Gasteiger partial charge in [0.25, 0.3) is 0 Å². The minimum Gasteiger partial charge on any atom is -0.465 e. The van der Waals surface area contributed by atoms with Crippen LogP contribution in [0.2, 0.25) is 0 Å². The van der Waals surface area contributed by atoms with Crippen molar-refractivity contribution in [1.29, 1.82) is 0 Å². The quantitative estimate of drug-likeness (QED) is 0.580. The molecule has 0 N–H and O–H groups in total. The second-order valence-electron chi connectivity index (χ2n) is 2.69. The fourth-order valence-corrected chi connectivity index (χ4v) is 1.48. The molecule has 0 unspecified atom stereocenters. The molecule has 1 aromatic carbocycles. The molecule has 0 aliphatic heterocycles. The molecule has 0 heterocycles. The molecular weight excluding hydrogens is 184 g/mol. The summed E-state index contributed by atoms with van der Waals surface area (Å²) in [5.41, 5.74) is 1.68. The van der Waals surface area contributed by atoms with E-state index in [1.54, 1.807) is 12.1 Å². The highest BCUT2D eigenvalue weighted by atomic mass is 32.1. The van der Waals surface area contributed by atoms with E-state index < -0.39 is 0 Å². The van der Waals surface area contributed by atoms with Crippen molar-refractivity contribution in [3.05, 3.63) is 29.3 Å². The highest BCUT2D eigenvalue weighted by Gasteiger charge is 2.06. The van der Waals surface area contributed by atoms with Crippen LogP contribution in [0.4, 0.5) is 0 Å². The zero-order chi connectivity index (χ0) is 9.84. The van der Waals surface area contributed by atoms with Crippen LogP contribution in [0, 0.1) is 0 Å². The Kier molecular flexibility index (Phi) is 3.37. The molecule has 0 aliphatic rings. The van der Waals surface area contributed by atoms with Crippen LogP contribution in [0.1, 0.15) is 22.8 Å². The van der Waals surface area contributed by atoms with Gasteiger partial charge in [-0.1, -0.05) is 13.0 Å². The van der Waals surface area contributed by atoms with E-state index >= 15 is 0 Å². The first-order chi connectivity index (χ1) is 6.19.